The summed E-state index contributed by atoms with van der Waals surface area (Å²) in [6, 6.07) is 48.7. The molecule has 5 aliphatic carbocycles. The second kappa shape index (κ2) is 12.1. The monoisotopic (exact) mass is 761 g/mol. The van der Waals surface area contributed by atoms with Crippen LogP contribution in [0.4, 0.5) is 17.1 Å². The third-order valence-electron chi connectivity index (χ3n) is 15.6. The molecule has 1 spiro atoms. The third-order valence-corrected chi connectivity index (χ3v) is 16.7. The highest BCUT2D eigenvalue weighted by molar-refractivity contribution is 7.99. The third kappa shape index (κ3) is 4.97. The first-order chi connectivity index (χ1) is 27.7. The van der Waals surface area contributed by atoms with Crippen molar-refractivity contribution in [1.29, 1.82) is 0 Å². The Balaban J connectivity index is 1.00. The highest BCUT2D eigenvalue weighted by Crippen LogP contribution is 2.69. The van der Waals surface area contributed by atoms with Gasteiger partial charge in [0.15, 0.2) is 0 Å². The number of benzene rings is 6. The van der Waals surface area contributed by atoms with Crippen LogP contribution in [0, 0.1) is 23.7 Å². The average Bonchev–Trinajstić information content (AvgIpc) is 3.61. The van der Waals surface area contributed by atoms with E-state index in [-0.39, 0.29) is 16.2 Å². The van der Waals surface area contributed by atoms with Gasteiger partial charge in [-0.3, -0.25) is 0 Å². The van der Waals surface area contributed by atoms with E-state index < -0.39 is 0 Å². The summed E-state index contributed by atoms with van der Waals surface area (Å²) < 4.78 is 6.46. The Morgan fingerprint density at radius 3 is 1.96 bits per heavy atom. The molecule has 2 heterocycles. The summed E-state index contributed by atoms with van der Waals surface area (Å²) in [5, 5.41) is 2.30. The van der Waals surface area contributed by atoms with Gasteiger partial charge >= 0.3 is 0 Å². The maximum absolute atomic E-state index is 6.46. The Morgan fingerprint density at radius 2 is 1.18 bits per heavy atom. The predicted octanol–water partition coefficient (Wildman–Crippen LogP) is 15.3. The standard InChI is InChI=1S/C54H51NOS/c1-52(2)24-25-53(3,4)44-32-40(21-22-42(44)52)55(46-12-9-14-48-51(46)41-10-5-7-13-47(41)56-48)39-19-16-35(17-20-39)36-18-23-50-45(31-36)54(43-11-6-8-15-49(43)57-50)37-27-33-26-34(29-37)30-38(54)28-33/h5-23,31-34,37-38H,24-30H2,1-4H3. The van der Waals surface area contributed by atoms with Crippen LogP contribution >= 0.6 is 11.8 Å². The number of para-hydroxylation sites is 1. The topological polar surface area (TPSA) is 16.4 Å². The van der Waals surface area contributed by atoms with Crippen LogP contribution in [0.1, 0.15) is 94.9 Å². The molecule has 2 nitrogen and oxygen atoms in total. The van der Waals surface area contributed by atoms with Crippen molar-refractivity contribution >= 4 is 50.8 Å². The van der Waals surface area contributed by atoms with Crippen LogP contribution in [-0.4, -0.2) is 0 Å². The van der Waals surface area contributed by atoms with Gasteiger partial charge in [-0.05, 0) is 173 Å². The van der Waals surface area contributed by atoms with E-state index in [1.807, 2.05) is 11.8 Å². The molecule has 0 N–H and O–H groups in total. The Morgan fingerprint density at radius 1 is 0.526 bits per heavy atom. The molecule has 4 bridgehead atoms. The van der Waals surface area contributed by atoms with Gasteiger partial charge < -0.3 is 9.32 Å². The number of rotatable bonds is 4. The van der Waals surface area contributed by atoms with Crippen molar-refractivity contribution in [3.63, 3.8) is 0 Å². The maximum Gasteiger partial charge on any atom is 0.137 e. The molecule has 0 atom stereocenters. The van der Waals surface area contributed by atoms with Crippen molar-refractivity contribution in [2.45, 2.75) is 98.7 Å². The Bertz CT molecular complexity index is 2720. The van der Waals surface area contributed by atoms with E-state index in [1.165, 1.54) is 82.7 Å². The van der Waals surface area contributed by atoms with Crippen molar-refractivity contribution in [3.8, 4) is 11.1 Å². The van der Waals surface area contributed by atoms with Gasteiger partial charge in [-0.15, -0.1) is 0 Å². The van der Waals surface area contributed by atoms with Gasteiger partial charge in [-0.25, -0.2) is 0 Å². The number of nitrogens with zero attached hydrogens (tertiary/aromatic N) is 1. The summed E-state index contributed by atoms with van der Waals surface area (Å²) in [5.74, 6) is 3.35. The average molecular weight is 762 g/mol. The molecule has 6 aliphatic rings. The van der Waals surface area contributed by atoms with E-state index >= 15 is 0 Å². The fraction of sp³-hybridized carbons (Fsp3) is 0.333. The van der Waals surface area contributed by atoms with Crippen LogP contribution in [0.3, 0.4) is 0 Å². The minimum absolute atomic E-state index is 0.102. The zero-order valence-electron chi connectivity index (χ0n) is 33.6. The van der Waals surface area contributed by atoms with Gasteiger partial charge in [0.05, 0.1) is 11.1 Å². The van der Waals surface area contributed by atoms with E-state index in [9.17, 15) is 0 Å². The van der Waals surface area contributed by atoms with E-state index in [2.05, 4.69) is 160 Å². The smallest absolute Gasteiger partial charge is 0.137 e. The lowest BCUT2D eigenvalue weighted by Gasteiger charge is -2.63. The fourth-order valence-electron chi connectivity index (χ4n) is 13.0. The lowest BCUT2D eigenvalue weighted by Crippen LogP contribution is -2.57. The minimum Gasteiger partial charge on any atom is -0.456 e. The predicted molar refractivity (Wildman–Crippen MR) is 238 cm³/mol. The number of fused-ring (bicyclic) bond motifs is 6. The summed E-state index contributed by atoms with van der Waals surface area (Å²) in [4.78, 5) is 5.45. The van der Waals surface area contributed by atoms with Crippen molar-refractivity contribution in [2.75, 3.05) is 4.90 Å². The van der Waals surface area contributed by atoms with E-state index in [0.717, 1.165) is 57.0 Å². The first-order valence-corrected chi connectivity index (χ1v) is 22.4. The summed E-state index contributed by atoms with van der Waals surface area (Å²) in [7, 11) is 0. The second-order valence-corrected chi connectivity index (χ2v) is 20.7. The Labute approximate surface area is 341 Å². The molecule has 13 rings (SSSR count). The van der Waals surface area contributed by atoms with E-state index in [1.54, 1.807) is 11.1 Å². The molecule has 6 aromatic carbocycles. The highest BCUT2D eigenvalue weighted by atomic mass is 32.2. The number of hydrogen-bond donors (Lipinski definition) is 0. The SMILES string of the molecule is CC1(C)CCC(C)(C)c2cc(N(c3ccc(-c4ccc5c(c4)C4(c6ccccc6S5)C5CC6CC(C5)CC4C6)cc3)c3cccc4oc5ccccc5c34)ccc21. The van der Waals surface area contributed by atoms with Crippen molar-refractivity contribution in [1.82, 2.24) is 0 Å². The molecule has 0 saturated heterocycles. The molecular weight excluding hydrogens is 711 g/mol. The van der Waals surface area contributed by atoms with Crippen LogP contribution in [0.2, 0.25) is 0 Å². The molecule has 57 heavy (non-hydrogen) atoms. The zero-order chi connectivity index (χ0) is 38.3. The minimum atomic E-state index is 0.102. The number of hydrogen-bond acceptors (Lipinski definition) is 3. The molecule has 3 heteroatoms. The van der Waals surface area contributed by atoms with Gasteiger partial charge in [0.2, 0.25) is 0 Å². The molecule has 1 aliphatic heterocycles. The summed E-state index contributed by atoms with van der Waals surface area (Å²) in [6.07, 6.45) is 9.46. The van der Waals surface area contributed by atoms with Crippen LogP contribution in [-0.2, 0) is 16.2 Å². The summed E-state index contributed by atoms with van der Waals surface area (Å²) in [6.45, 7) is 9.69. The molecule has 0 amide bonds. The first-order valence-electron chi connectivity index (χ1n) is 21.6. The fourth-order valence-corrected chi connectivity index (χ4v) is 14.2. The van der Waals surface area contributed by atoms with E-state index in [4.69, 9.17) is 4.42 Å². The number of furan rings is 1. The lowest BCUT2D eigenvalue weighted by atomic mass is 9.42. The van der Waals surface area contributed by atoms with Gasteiger partial charge in [-0.2, -0.15) is 0 Å². The van der Waals surface area contributed by atoms with Gasteiger partial charge in [0.25, 0.3) is 0 Å². The first kappa shape index (κ1) is 34.3. The number of anilines is 3. The van der Waals surface area contributed by atoms with Gasteiger partial charge in [0, 0.05) is 32.0 Å². The van der Waals surface area contributed by atoms with Crippen LogP contribution in [0.5, 0.6) is 0 Å². The summed E-state index contributed by atoms with van der Waals surface area (Å²) in [5.41, 5.74) is 14.5. The van der Waals surface area contributed by atoms with Crippen LogP contribution in [0.25, 0.3) is 33.1 Å². The normalized spacial score (nSPS) is 26.0. The molecule has 1 aromatic heterocycles. The molecule has 7 aromatic rings. The zero-order valence-corrected chi connectivity index (χ0v) is 34.5. The van der Waals surface area contributed by atoms with Crippen LogP contribution < -0.4 is 4.90 Å². The molecule has 4 saturated carbocycles. The molecule has 284 valence electrons. The highest BCUT2D eigenvalue weighted by Gasteiger charge is 2.60. The van der Waals surface area contributed by atoms with E-state index in [0.29, 0.717) is 0 Å². The quantitative estimate of drug-likeness (QED) is 0.178. The molecular formula is C54H51NOS. The van der Waals surface area contributed by atoms with Crippen molar-refractivity contribution in [3.05, 3.63) is 150 Å². The van der Waals surface area contributed by atoms with Gasteiger partial charge in [-0.1, -0.05) is 106 Å². The second-order valence-electron chi connectivity index (χ2n) is 19.6. The van der Waals surface area contributed by atoms with Crippen LogP contribution in [0.15, 0.2) is 142 Å². The molecule has 4 fully saturated rings. The largest absolute Gasteiger partial charge is 0.456 e. The molecule has 0 unspecified atom stereocenters. The molecule has 0 radical (unpaired) electrons. The van der Waals surface area contributed by atoms with Crippen molar-refractivity contribution in [2.24, 2.45) is 23.7 Å². The maximum atomic E-state index is 6.46. The lowest BCUT2D eigenvalue weighted by molar-refractivity contribution is -0.0443. The summed E-state index contributed by atoms with van der Waals surface area (Å²) >= 11 is 2.00. The van der Waals surface area contributed by atoms with Crippen molar-refractivity contribution < 1.29 is 4.42 Å². The van der Waals surface area contributed by atoms with Gasteiger partial charge in [0.1, 0.15) is 11.2 Å². The Hall–Kier alpha value is -4.73. The Kier molecular flexibility index (Phi) is 7.32.